The Kier molecular flexibility index (Phi) is 3.09. The van der Waals surface area contributed by atoms with Crippen LogP contribution in [0.25, 0.3) is 0 Å². The molecule has 1 aliphatic carbocycles. The van der Waals surface area contributed by atoms with E-state index < -0.39 is 0 Å². The van der Waals surface area contributed by atoms with Gasteiger partial charge in [0.25, 0.3) is 0 Å². The number of piperazine rings is 1. The topological polar surface area (TPSA) is 15.3 Å². The van der Waals surface area contributed by atoms with Gasteiger partial charge < -0.3 is 5.32 Å². The average Bonchev–Trinajstić information content (AvgIpc) is 2.98. The number of hydrogen-bond donors (Lipinski definition) is 1. The van der Waals surface area contributed by atoms with Crippen LogP contribution in [0.3, 0.4) is 0 Å². The molecule has 2 fully saturated rings. The molecule has 1 saturated carbocycles. The first-order valence-electron chi connectivity index (χ1n) is 6.51. The van der Waals surface area contributed by atoms with Crippen molar-refractivity contribution in [3.63, 3.8) is 0 Å². The minimum atomic E-state index is 0.395. The summed E-state index contributed by atoms with van der Waals surface area (Å²) in [6, 6.07) is 2.37. The molecule has 2 nitrogen and oxygen atoms in total. The minimum absolute atomic E-state index is 0.395. The van der Waals surface area contributed by atoms with E-state index >= 15 is 0 Å². The summed E-state index contributed by atoms with van der Waals surface area (Å²) in [7, 11) is 0. The highest BCUT2D eigenvalue weighted by Crippen LogP contribution is 2.33. The van der Waals surface area contributed by atoms with Gasteiger partial charge in [0.1, 0.15) is 0 Å². The van der Waals surface area contributed by atoms with Crippen LogP contribution in [-0.4, -0.2) is 36.1 Å². The van der Waals surface area contributed by atoms with Crippen LogP contribution in [-0.2, 0) is 0 Å². The zero-order chi connectivity index (χ0) is 11.1. The number of hydrogen-bond acceptors (Lipinski definition) is 2. The van der Waals surface area contributed by atoms with Gasteiger partial charge >= 0.3 is 0 Å². The van der Waals surface area contributed by atoms with Crippen molar-refractivity contribution in [2.45, 2.75) is 65.1 Å². The van der Waals surface area contributed by atoms with Gasteiger partial charge in [-0.2, -0.15) is 0 Å². The highest BCUT2D eigenvalue weighted by atomic mass is 15.3. The smallest absolute Gasteiger partial charge is 0.0244 e. The van der Waals surface area contributed by atoms with E-state index in [9.17, 15) is 0 Å². The van der Waals surface area contributed by atoms with E-state index in [-0.39, 0.29) is 0 Å². The molecule has 2 heteroatoms. The molecule has 0 aromatic rings. The van der Waals surface area contributed by atoms with Crippen LogP contribution in [0.1, 0.15) is 47.0 Å². The zero-order valence-electron chi connectivity index (χ0n) is 10.7. The molecule has 0 spiro atoms. The van der Waals surface area contributed by atoms with Crippen molar-refractivity contribution < 1.29 is 0 Å². The number of nitrogens with zero attached hydrogens (tertiary/aromatic N) is 1. The molecule has 1 aliphatic heterocycles. The van der Waals surface area contributed by atoms with Crippen molar-refractivity contribution in [3.8, 4) is 0 Å². The summed E-state index contributed by atoms with van der Waals surface area (Å²) in [5.41, 5.74) is 0.395. The lowest BCUT2D eigenvalue weighted by atomic mass is 9.84. The molecule has 2 atom stereocenters. The highest BCUT2D eigenvalue weighted by molar-refractivity contribution is 4.97. The lowest BCUT2D eigenvalue weighted by molar-refractivity contribution is 0.0771. The molecule has 1 heterocycles. The van der Waals surface area contributed by atoms with Gasteiger partial charge in [0.05, 0.1) is 0 Å². The van der Waals surface area contributed by atoms with Crippen molar-refractivity contribution >= 4 is 0 Å². The predicted molar refractivity (Wildman–Crippen MR) is 65.1 cm³/mol. The van der Waals surface area contributed by atoms with E-state index in [4.69, 9.17) is 0 Å². The van der Waals surface area contributed by atoms with Crippen LogP contribution >= 0.6 is 0 Å². The van der Waals surface area contributed by atoms with E-state index in [1.165, 1.54) is 32.4 Å². The first-order chi connectivity index (χ1) is 7.02. The maximum atomic E-state index is 3.73. The third-order valence-electron chi connectivity index (χ3n) is 3.99. The molecule has 2 aliphatic rings. The van der Waals surface area contributed by atoms with Gasteiger partial charge in [-0.05, 0) is 24.7 Å². The SMILES string of the molecule is CCC1CNC(C(C)(C)C)CN1C1CC1. The molecular formula is C13H26N2. The molecule has 0 aromatic heterocycles. The maximum absolute atomic E-state index is 3.73. The lowest BCUT2D eigenvalue weighted by Gasteiger charge is -2.45. The second kappa shape index (κ2) is 4.06. The van der Waals surface area contributed by atoms with Crippen LogP contribution in [0, 0.1) is 5.41 Å². The van der Waals surface area contributed by atoms with E-state index in [0.717, 1.165) is 12.1 Å². The van der Waals surface area contributed by atoms with Crippen molar-refractivity contribution in [1.82, 2.24) is 10.2 Å². The van der Waals surface area contributed by atoms with Crippen molar-refractivity contribution in [2.75, 3.05) is 13.1 Å². The van der Waals surface area contributed by atoms with E-state index in [2.05, 4.69) is 37.9 Å². The third kappa shape index (κ3) is 2.54. The van der Waals surface area contributed by atoms with Crippen LogP contribution < -0.4 is 5.32 Å². The Morgan fingerprint density at radius 1 is 1.27 bits per heavy atom. The largest absolute Gasteiger partial charge is 0.311 e. The number of rotatable bonds is 2. The van der Waals surface area contributed by atoms with Crippen LogP contribution in [0.2, 0.25) is 0 Å². The molecule has 15 heavy (non-hydrogen) atoms. The summed E-state index contributed by atoms with van der Waals surface area (Å²) < 4.78 is 0. The fourth-order valence-electron chi connectivity index (χ4n) is 2.63. The summed E-state index contributed by atoms with van der Waals surface area (Å²) in [6.07, 6.45) is 4.17. The zero-order valence-corrected chi connectivity index (χ0v) is 10.7. The molecule has 0 bridgehead atoms. The second-order valence-corrected chi connectivity index (χ2v) is 6.32. The first kappa shape index (κ1) is 11.4. The van der Waals surface area contributed by atoms with Gasteiger partial charge in [0.15, 0.2) is 0 Å². The molecule has 0 aromatic carbocycles. The first-order valence-corrected chi connectivity index (χ1v) is 6.51. The summed E-state index contributed by atoms with van der Waals surface area (Å²) in [4.78, 5) is 2.77. The van der Waals surface area contributed by atoms with Gasteiger partial charge in [-0.15, -0.1) is 0 Å². The van der Waals surface area contributed by atoms with Gasteiger partial charge in [0, 0.05) is 31.2 Å². The van der Waals surface area contributed by atoms with Crippen molar-refractivity contribution in [1.29, 1.82) is 0 Å². The monoisotopic (exact) mass is 210 g/mol. The van der Waals surface area contributed by atoms with Crippen LogP contribution in [0.5, 0.6) is 0 Å². The molecule has 2 unspecified atom stereocenters. The van der Waals surface area contributed by atoms with Gasteiger partial charge in [-0.1, -0.05) is 27.7 Å². The Hall–Kier alpha value is -0.0800. The molecule has 88 valence electrons. The number of nitrogens with one attached hydrogen (secondary N) is 1. The molecule has 1 saturated heterocycles. The molecule has 0 amide bonds. The predicted octanol–water partition coefficient (Wildman–Crippen LogP) is 2.25. The molecular weight excluding hydrogens is 184 g/mol. The van der Waals surface area contributed by atoms with Crippen LogP contribution in [0.4, 0.5) is 0 Å². The standard InChI is InChI=1S/C13H26N2/c1-5-10-8-14-12(13(2,3)4)9-15(10)11-6-7-11/h10-12,14H,5-9H2,1-4H3. The van der Waals surface area contributed by atoms with Crippen molar-refractivity contribution in [2.24, 2.45) is 5.41 Å². The van der Waals surface area contributed by atoms with Crippen LogP contribution in [0.15, 0.2) is 0 Å². The Morgan fingerprint density at radius 3 is 2.40 bits per heavy atom. The van der Waals surface area contributed by atoms with Gasteiger partial charge in [0.2, 0.25) is 0 Å². The highest BCUT2D eigenvalue weighted by Gasteiger charge is 2.39. The lowest BCUT2D eigenvalue weighted by Crippen LogP contribution is -2.60. The Balaban J connectivity index is 1.99. The molecule has 2 rings (SSSR count). The fourth-order valence-corrected chi connectivity index (χ4v) is 2.63. The Bertz CT molecular complexity index is 215. The average molecular weight is 210 g/mol. The summed E-state index contributed by atoms with van der Waals surface area (Å²) >= 11 is 0. The third-order valence-corrected chi connectivity index (χ3v) is 3.99. The van der Waals surface area contributed by atoms with Gasteiger partial charge in [-0.25, -0.2) is 0 Å². The fraction of sp³-hybridized carbons (Fsp3) is 1.00. The molecule has 0 radical (unpaired) electrons. The van der Waals surface area contributed by atoms with Crippen molar-refractivity contribution in [3.05, 3.63) is 0 Å². The van der Waals surface area contributed by atoms with E-state index in [0.29, 0.717) is 11.5 Å². The van der Waals surface area contributed by atoms with E-state index in [1.807, 2.05) is 0 Å². The Morgan fingerprint density at radius 2 is 1.93 bits per heavy atom. The Labute approximate surface area is 94.4 Å². The normalized spacial score (nSPS) is 34.4. The van der Waals surface area contributed by atoms with E-state index in [1.54, 1.807) is 0 Å². The summed E-state index contributed by atoms with van der Waals surface area (Å²) in [5.74, 6) is 0. The summed E-state index contributed by atoms with van der Waals surface area (Å²) in [6.45, 7) is 11.8. The quantitative estimate of drug-likeness (QED) is 0.752. The molecule has 1 N–H and O–H groups in total. The summed E-state index contributed by atoms with van der Waals surface area (Å²) in [5, 5.41) is 3.73. The minimum Gasteiger partial charge on any atom is -0.311 e. The van der Waals surface area contributed by atoms with Gasteiger partial charge in [-0.3, -0.25) is 4.90 Å². The maximum Gasteiger partial charge on any atom is 0.0244 e. The second-order valence-electron chi connectivity index (χ2n) is 6.32.